The van der Waals surface area contributed by atoms with Crippen molar-refractivity contribution < 1.29 is 19.1 Å². The first-order valence-electron chi connectivity index (χ1n) is 11.6. The Morgan fingerprint density at radius 3 is 2.79 bits per heavy atom. The van der Waals surface area contributed by atoms with Crippen molar-refractivity contribution in [2.75, 3.05) is 25.0 Å². The third kappa shape index (κ3) is 5.24. The number of hydrogen-bond donors (Lipinski definition) is 1. The molecule has 0 saturated carbocycles. The zero-order valence-electron chi connectivity index (χ0n) is 19.5. The molecule has 2 aromatic heterocycles. The van der Waals surface area contributed by atoms with Gasteiger partial charge in [0.1, 0.15) is 0 Å². The second kappa shape index (κ2) is 10.5. The van der Waals surface area contributed by atoms with E-state index in [0.717, 1.165) is 17.6 Å². The molecule has 1 aromatic carbocycles. The number of fused-ring (bicyclic) bond motifs is 1. The van der Waals surface area contributed by atoms with Crippen LogP contribution >= 0.6 is 0 Å². The van der Waals surface area contributed by atoms with E-state index in [0.29, 0.717) is 55.9 Å². The number of amides is 2. The van der Waals surface area contributed by atoms with Gasteiger partial charge in [-0.25, -0.2) is 4.98 Å². The van der Waals surface area contributed by atoms with Crippen molar-refractivity contribution in [2.45, 2.75) is 39.7 Å². The molecule has 178 valence electrons. The lowest BCUT2D eigenvalue weighted by atomic mass is 9.97. The predicted octanol–water partition coefficient (Wildman–Crippen LogP) is 3.05. The number of carbonyl (C=O) groups excluding carboxylic acids is 3. The maximum Gasteiger partial charge on any atom is 0.310 e. The first kappa shape index (κ1) is 23.4. The molecule has 0 bridgehead atoms. The molecule has 1 fully saturated rings. The number of aromatic nitrogens is 3. The number of ether oxygens (including phenoxy) is 1. The van der Waals surface area contributed by atoms with Crippen LogP contribution in [-0.2, 0) is 27.3 Å². The molecule has 0 aliphatic carbocycles. The molecule has 0 radical (unpaired) electrons. The van der Waals surface area contributed by atoms with Crippen molar-refractivity contribution in [1.29, 1.82) is 0 Å². The molecule has 9 heteroatoms. The highest BCUT2D eigenvalue weighted by molar-refractivity contribution is 6.05. The van der Waals surface area contributed by atoms with Gasteiger partial charge in [0, 0.05) is 50.4 Å². The van der Waals surface area contributed by atoms with E-state index in [9.17, 15) is 14.4 Å². The number of rotatable bonds is 7. The van der Waals surface area contributed by atoms with Crippen LogP contribution in [0.15, 0.2) is 42.9 Å². The number of benzene rings is 1. The average molecular weight is 464 g/mol. The maximum atomic E-state index is 13.3. The minimum absolute atomic E-state index is 0.189. The molecule has 2 amide bonds. The Kier molecular flexibility index (Phi) is 7.20. The molecule has 1 aliphatic heterocycles. The third-order valence-electron chi connectivity index (χ3n) is 5.93. The van der Waals surface area contributed by atoms with Gasteiger partial charge in [0.25, 0.3) is 5.91 Å². The Hall–Kier alpha value is -3.75. The van der Waals surface area contributed by atoms with Crippen molar-refractivity contribution in [2.24, 2.45) is 5.92 Å². The van der Waals surface area contributed by atoms with Crippen molar-refractivity contribution in [3.63, 3.8) is 0 Å². The fourth-order valence-corrected chi connectivity index (χ4v) is 4.36. The monoisotopic (exact) mass is 463 g/mol. The smallest absolute Gasteiger partial charge is 0.310 e. The number of pyridine rings is 1. The van der Waals surface area contributed by atoms with E-state index >= 15 is 0 Å². The van der Waals surface area contributed by atoms with Gasteiger partial charge < -0.3 is 19.5 Å². The van der Waals surface area contributed by atoms with E-state index in [-0.39, 0.29) is 23.7 Å². The number of esters is 1. The van der Waals surface area contributed by atoms with Crippen LogP contribution in [0.2, 0.25) is 0 Å². The van der Waals surface area contributed by atoms with Gasteiger partial charge >= 0.3 is 5.97 Å². The third-order valence-corrected chi connectivity index (χ3v) is 5.93. The summed E-state index contributed by atoms with van der Waals surface area (Å²) in [4.78, 5) is 48.0. The molecule has 0 unspecified atom stereocenters. The summed E-state index contributed by atoms with van der Waals surface area (Å²) in [6.45, 7) is 5.05. The first-order chi connectivity index (χ1) is 16.5. The summed E-state index contributed by atoms with van der Waals surface area (Å²) in [7, 11) is 0. The molecule has 3 heterocycles. The Balaban J connectivity index is 1.60. The summed E-state index contributed by atoms with van der Waals surface area (Å²) in [6.07, 6.45) is 5.62. The number of aryl methyl sites for hydroxylation is 2. The molecule has 9 nitrogen and oxygen atoms in total. The van der Waals surface area contributed by atoms with Gasteiger partial charge in [-0.15, -0.1) is 0 Å². The Morgan fingerprint density at radius 1 is 1.21 bits per heavy atom. The SMILES string of the molecule is CCOC(=O)[C@@H]1CCCN(C(=O)c2cc(NC(C)=O)c3c(c2)ncn3CCc2ccccn2)C1. The average Bonchev–Trinajstić information content (AvgIpc) is 3.26. The summed E-state index contributed by atoms with van der Waals surface area (Å²) in [6, 6.07) is 9.23. The van der Waals surface area contributed by atoms with Crippen molar-refractivity contribution in [3.8, 4) is 0 Å². The van der Waals surface area contributed by atoms with Crippen molar-refractivity contribution in [1.82, 2.24) is 19.4 Å². The van der Waals surface area contributed by atoms with Crippen LogP contribution in [0, 0.1) is 5.92 Å². The summed E-state index contributed by atoms with van der Waals surface area (Å²) < 4.78 is 7.11. The predicted molar refractivity (Wildman–Crippen MR) is 127 cm³/mol. The first-order valence-corrected chi connectivity index (χ1v) is 11.6. The molecule has 1 atom stereocenters. The molecule has 4 rings (SSSR count). The number of likely N-dealkylation sites (tertiary alicyclic amines) is 1. The maximum absolute atomic E-state index is 13.3. The van der Waals surface area contributed by atoms with Gasteiger partial charge in [0.05, 0.1) is 35.6 Å². The van der Waals surface area contributed by atoms with Gasteiger partial charge in [-0.05, 0) is 44.0 Å². The molecular weight excluding hydrogens is 434 g/mol. The minimum atomic E-state index is -0.318. The van der Waals surface area contributed by atoms with Crippen LogP contribution in [-0.4, -0.2) is 56.9 Å². The molecule has 34 heavy (non-hydrogen) atoms. The molecule has 0 spiro atoms. The number of piperidine rings is 1. The van der Waals surface area contributed by atoms with E-state index < -0.39 is 0 Å². The Labute approximate surface area is 198 Å². The summed E-state index contributed by atoms with van der Waals surface area (Å²) in [5.41, 5.74) is 3.29. The standard InChI is InChI=1S/C25H29N5O4/c1-3-34-25(33)18-7-6-11-29(15-18)24(32)19-13-21-23(22(14-19)28-17(2)31)30(16-27-21)12-9-20-8-4-5-10-26-20/h4-5,8,10,13-14,16,18H,3,6-7,9,11-12,15H2,1-2H3,(H,28,31)/t18-/m1/s1. The zero-order chi connectivity index (χ0) is 24.1. The zero-order valence-corrected chi connectivity index (χ0v) is 19.5. The number of carbonyl (C=O) groups is 3. The highest BCUT2D eigenvalue weighted by atomic mass is 16.5. The number of nitrogens with zero attached hydrogens (tertiary/aromatic N) is 4. The Bertz CT molecular complexity index is 1190. The van der Waals surface area contributed by atoms with E-state index in [4.69, 9.17) is 4.74 Å². The van der Waals surface area contributed by atoms with Gasteiger partial charge in [0.15, 0.2) is 0 Å². The number of imidazole rings is 1. The Morgan fingerprint density at radius 2 is 2.06 bits per heavy atom. The molecule has 1 N–H and O–H groups in total. The lowest BCUT2D eigenvalue weighted by molar-refractivity contribution is -0.149. The van der Waals surface area contributed by atoms with E-state index in [1.54, 1.807) is 36.5 Å². The highest BCUT2D eigenvalue weighted by Gasteiger charge is 2.30. The lowest BCUT2D eigenvalue weighted by Gasteiger charge is -2.31. The van der Waals surface area contributed by atoms with Crippen LogP contribution in [0.4, 0.5) is 5.69 Å². The van der Waals surface area contributed by atoms with Gasteiger partial charge in [-0.1, -0.05) is 6.07 Å². The summed E-state index contributed by atoms with van der Waals surface area (Å²) >= 11 is 0. The fraction of sp³-hybridized carbons (Fsp3) is 0.400. The van der Waals surface area contributed by atoms with E-state index in [1.165, 1.54) is 6.92 Å². The summed E-state index contributed by atoms with van der Waals surface area (Å²) in [5.74, 6) is -1.00. The number of hydrogen-bond acceptors (Lipinski definition) is 6. The number of anilines is 1. The highest BCUT2D eigenvalue weighted by Crippen LogP contribution is 2.28. The van der Waals surface area contributed by atoms with Gasteiger partial charge in [-0.3, -0.25) is 19.4 Å². The minimum Gasteiger partial charge on any atom is -0.466 e. The second-order valence-electron chi connectivity index (χ2n) is 8.42. The quantitative estimate of drug-likeness (QED) is 0.540. The molecule has 1 saturated heterocycles. The summed E-state index contributed by atoms with van der Waals surface area (Å²) in [5, 5.41) is 2.85. The topological polar surface area (TPSA) is 106 Å². The fourth-order valence-electron chi connectivity index (χ4n) is 4.36. The van der Waals surface area contributed by atoms with Crippen LogP contribution in [0.1, 0.15) is 42.7 Å². The van der Waals surface area contributed by atoms with Crippen molar-refractivity contribution >= 4 is 34.5 Å². The largest absolute Gasteiger partial charge is 0.466 e. The van der Waals surface area contributed by atoms with E-state index in [1.807, 2.05) is 22.8 Å². The normalized spacial score (nSPS) is 15.8. The molecular formula is C25H29N5O4. The molecule has 3 aromatic rings. The van der Waals surface area contributed by atoms with Crippen LogP contribution in [0.5, 0.6) is 0 Å². The van der Waals surface area contributed by atoms with Crippen LogP contribution in [0.3, 0.4) is 0 Å². The van der Waals surface area contributed by atoms with Crippen molar-refractivity contribution in [3.05, 3.63) is 54.1 Å². The number of nitrogens with one attached hydrogen (secondary N) is 1. The van der Waals surface area contributed by atoms with Crippen LogP contribution in [0.25, 0.3) is 11.0 Å². The second-order valence-corrected chi connectivity index (χ2v) is 8.42. The lowest BCUT2D eigenvalue weighted by Crippen LogP contribution is -2.42. The molecule has 1 aliphatic rings. The van der Waals surface area contributed by atoms with Gasteiger partial charge in [0.2, 0.25) is 5.91 Å². The van der Waals surface area contributed by atoms with Crippen LogP contribution < -0.4 is 5.32 Å². The van der Waals surface area contributed by atoms with E-state index in [2.05, 4.69) is 15.3 Å². The van der Waals surface area contributed by atoms with Gasteiger partial charge in [-0.2, -0.15) is 0 Å².